The van der Waals surface area contributed by atoms with E-state index in [0.717, 1.165) is 5.56 Å². The fourth-order valence-corrected chi connectivity index (χ4v) is 4.23. The molecule has 0 fully saturated rings. The number of likely N-dealkylation sites (N-methyl/N-ethyl adjacent to an activating group) is 1. The van der Waals surface area contributed by atoms with Crippen LogP contribution in [-0.4, -0.2) is 56.5 Å². The Bertz CT molecular complexity index is 1160. The summed E-state index contributed by atoms with van der Waals surface area (Å²) in [4.78, 5) is 32.7. The van der Waals surface area contributed by atoms with Gasteiger partial charge in [-0.3, -0.25) is 4.90 Å². The lowest BCUT2D eigenvalue weighted by Crippen LogP contribution is -2.33. The third-order valence-corrected chi connectivity index (χ3v) is 5.91. The number of ether oxygens (including phenoxy) is 2. The van der Waals surface area contributed by atoms with Gasteiger partial charge in [-0.1, -0.05) is 42.5 Å². The zero-order chi connectivity index (χ0) is 26.9. The van der Waals surface area contributed by atoms with Gasteiger partial charge in [0.1, 0.15) is 6.61 Å². The lowest BCUT2D eigenvalue weighted by molar-refractivity contribution is -0.701. The molecule has 10 nitrogen and oxygen atoms in total. The summed E-state index contributed by atoms with van der Waals surface area (Å²) in [7, 11) is 4.45. The molecular weight excluding hydrogens is 480 g/mol. The SMILES string of the molecule is COO[O+](O)c1cccc(C2C(C(=O)OC)=C(C)NC(C)=C2C(=O)OCCN(C)Cc2ccccc2)c1. The first kappa shape index (κ1) is 27.9. The van der Waals surface area contributed by atoms with Crippen molar-refractivity contribution in [2.75, 3.05) is 34.4 Å². The predicted octanol–water partition coefficient (Wildman–Crippen LogP) is 4.00. The van der Waals surface area contributed by atoms with E-state index in [2.05, 4.69) is 20.1 Å². The fourth-order valence-electron chi connectivity index (χ4n) is 4.23. The van der Waals surface area contributed by atoms with Crippen molar-refractivity contribution >= 4 is 11.9 Å². The summed E-state index contributed by atoms with van der Waals surface area (Å²) in [5.41, 5.74) is 3.28. The molecule has 0 saturated carbocycles. The van der Waals surface area contributed by atoms with Crippen LogP contribution in [0.3, 0.4) is 0 Å². The summed E-state index contributed by atoms with van der Waals surface area (Å²) in [6.07, 6.45) is 0. The van der Waals surface area contributed by atoms with E-state index in [1.165, 1.54) is 18.9 Å². The highest BCUT2D eigenvalue weighted by Crippen LogP contribution is 2.41. The number of hydrogen-bond acceptors (Lipinski definition) is 9. The highest BCUT2D eigenvalue weighted by atomic mass is 17.7. The van der Waals surface area contributed by atoms with Crippen LogP contribution in [0.2, 0.25) is 0 Å². The van der Waals surface area contributed by atoms with E-state index in [1.54, 1.807) is 38.1 Å². The quantitative estimate of drug-likeness (QED) is 0.199. The van der Waals surface area contributed by atoms with Gasteiger partial charge in [-0.05, 0) is 37.3 Å². The average molecular weight is 514 g/mol. The summed E-state index contributed by atoms with van der Waals surface area (Å²) in [5, 5.41) is 17.7. The topological polar surface area (TPSA) is 109 Å². The maximum absolute atomic E-state index is 13.4. The molecular formula is C27H33N2O8+. The minimum Gasteiger partial charge on any atom is -0.466 e. The molecule has 2 N–H and O–H groups in total. The smallest absolute Gasteiger partial charge is 0.355 e. The number of carbonyl (C=O) groups is 2. The maximum Gasteiger partial charge on any atom is 0.355 e. The van der Waals surface area contributed by atoms with Crippen LogP contribution in [0.15, 0.2) is 77.1 Å². The Morgan fingerprint density at radius 3 is 2.32 bits per heavy atom. The molecule has 2 aromatic carbocycles. The van der Waals surface area contributed by atoms with Crippen LogP contribution in [0.4, 0.5) is 0 Å². The molecule has 10 heteroatoms. The van der Waals surface area contributed by atoms with E-state index >= 15 is 0 Å². The Morgan fingerprint density at radius 1 is 1.00 bits per heavy atom. The zero-order valence-corrected chi connectivity index (χ0v) is 21.6. The van der Waals surface area contributed by atoms with Gasteiger partial charge in [-0.2, -0.15) is 9.56 Å². The number of dihydropyridines is 1. The molecule has 0 aliphatic carbocycles. The Labute approximate surface area is 216 Å². The van der Waals surface area contributed by atoms with Gasteiger partial charge in [0.25, 0.3) is 0 Å². The molecule has 3 rings (SSSR count). The Morgan fingerprint density at radius 2 is 1.68 bits per heavy atom. The van der Waals surface area contributed by atoms with E-state index in [9.17, 15) is 14.8 Å². The van der Waals surface area contributed by atoms with Crippen LogP contribution in [-0.2, 0) is 40.2 Å². The van der Waals surface area contributed by atoms with Crippen LogP contribution in [0.25, 0.3) is 0 Å². The van der Waals surface area contributed by atoms with Gasteiger partial charge >= 0.3 is 17.7 Å². The third kappa shape index (κ3) is 6.95. The maximum atomic E-state index is 13.4. The minimum absolute atomic E-state index is 0.146. The van der Waals surface area contributed by atoms with Crippen molar-refractivity contribution in [3.63, 3.8) is 0 Å². The molecule has 0 aromatic heterocycles. The second-order valence-corrected chi connectivity index (χ2v) is 8.54. The number of nitrogens with zero attached hydrogens (tertiary/aromatic N) is 1. The molecule has 1 unspecified atom stereocenters. The van der Waals surface area contributed by atoms with Gasteiger partial charge in [0.2, 0.25) is 0 Å². The average Bonchev–Trinajstić information content (AvgIpc) is 2.88. The van der Waals surface area contributed by atoms with Crippen molar-refractivity contribution in [2.45, 2.75) is 26.3 Å². The highest BCUT2D eigenvalue weighted by Gasteiger charge is 2.38. The van der Waals surface area contributed by atoms with Crippen molar-refractivity contribution in [1.82, 2.24) is 10.2 Å². The van der Waals surface area contributed by atoms with Crippen LogP contribution >= 0.6 is 0 Å². The first-order valence-corrected chi connectivity index (χ1v) is 11.7. The van der Waals surface area contributed by atoms with Gasteiger partial charge in [0, 0.05) is 36.6 Å². The lowest BCUT2D eigenvalue weighted by atomic mass is 9.80. The van der Waals surface area contributed by atoms with E-state index in [4.69, 9.17) is 9.47 Å². The standard InChI is InChI=1S/C27H32N2O8/c1-18-23(26(30)33-4)25(21-12-9-13-22(16-21)37(32)36-34-5)24(19(2)28-18)27(31)35-15-14-29(3)17-20-10-7-6-8-11-20/h6-13,16,25,32H,14-15,17H2,1-5H3/p+1. The molecule has 1 heterocycles. The van der Waals surface area contributed by atoms with Crippen molar-refractivity contribution in [1.29, 1.82) is 0 Å². The van der Waals surface area contributed by atoms with Crippen molar-refractivity contribution in [2.24, 2.45) is 0 Å². The second kappa shape index (κ2) is 13.0. The first-order valence-electron chi connectivity index (χ1n) is 11.7. The molecule has 37 heavy (non-hydrogen) atoms. The monoisotopic (exact) mass is 513 g/mol. The molecule has 0 amide bonds. The van der Waals surface area contributed by atoms with Gasteiger partial charge in [-0.25, -0.2) is 9.59 Å². The third-order valence-electron chi connectivity index (χ3n) is 5.91. The Kier molecular flexibility index (Phi) is 9.81. The molecule has 0 spiro atoms. The Balaban J connectivity index is 1.85. The van der Waals surface area contributed by atoms with Crippen molar-refractivity contribution < 1.29 is 38.9 Å². The second-order valence-electron chi connectivity index (χ2n) is 8.54. The molecule has 198 valence electrons. The molecule has 1 atom stereocenters. The molecule has 0 bridgehead atoms. The van der Waals surface area contributed by atoms with Crippen molar-refractivity contribution in [3.8, 4) is 5.75 Å². The molecule has 2 aromatic rings. The number of methoxy groups -OCH3 is 1. The predicted molar refractivity (Wildman–Crippen MR) is 135 cm³/mol. The molecule has 1 aliphatic rings. The van der Waals surface area contributed by atoms with Crippen LogP contribution in [0.1, 0.15) is 30.9 Å². The van der Waals surface area contributed by atoms with Crippen molar-refractivity contribution in [3.05, 3.63) is 88.3 Å². The van der Waals surface area contributed by atoms with Gasteiger partial charge in [0.05, 0.1) is 31.3 Å². The molecule has 0 saturated heterocycles. The van der Waals surface area contributed by atoms with Gasteiger partial charge < -0.3 is 14.8 Å². The summed E-state index contributed by atoms with van der Waals surface area (Å²) in [5.74, 6) is -1.83. The normalized spacial score (nSPS) is 15.5. The van der Waals surface area contributed by atoms with Gasteiger partial charge in [-0.15, -0.1) is 0 Å². The van der Waals surface area contributed by atoms with Crippen LogP contribution < -0.4 is 5.32 Å². The lowest BCUT2D eigenvalue weighted by Gasteiger charge is -2.30. The fraction of sp³-hybridized carbons (Fsp3) is 0.333. The Hall–Kier alpha value is -3.70. The summed E-state index contributed by atoms with van der Waals surface area (Å²) in [6, 6.07) is 16.5. The minimum atomic E-state index is -0.820. The van der Waals surface area contributed by atoms with E-state index < -0.39 is 17.9 Å². The number of esters is 2. The zero-order valence-electron chi connectivity index (χ0n) is 21.6. The number of benzene rings is 2. The van der Waals surface area contributed by atoms with E-state index in [-0.39, 0.29) is 23.5 Å². The summed E-state index contributed by atoms with van der Waals surface area (Å²) in [6.45, 7) is 4.86. The van der Waals surface area contributed by atoms with Crippen LogP contribution in [0, 0.1) is 0 Å². The largest absolute Gasteiger partial charge is 0.466 e. The highest BCUT2D eigenvalue weighted by molar-refractivity contribution is 5.99. The molecule has 1 aliphatic heterocycles. The number of allylic oxidation sites excluding steroid dienone is 2. The number of hydrogen-bond donors (Lipinski definition) is 2. The summed E-state index contributed by atoms with van der Waals surface area (Å²) >= 11 is 0. The van der Waals surface area contributed by atoms with E-state index in [0.29, 0.717) is 30.0 Å². The number of rotatable bonds is 11. The van der Waals surface area contributed by atoms with Gasteiger partial charge in [0.15, 0.2) is 5.04 Å². The summed E-state index contributed by atoms with van der Waals surface area (Å²) < 4.78 is 12.0. The molecule has 0 radical (unpaired) electrons. The first-order chi connectivity index (χ1) is 17.8. The van der Waals surface area contributed by atoms with Crippen LogP contribution in [0.5, 0.6) is 5.75 Å². The van der Waals surface area contributed by atoms with E-state index in [1.807, 2.05) is 37.4 Å². The number of carbonyl (C=O) groups excluding carboxylic acids is 2. The number of nitrogens with one attached hydrogen (secondary N) is 1.